The van der Waals surface area contributed by atoms with Crippen molar-refractivity contribution in [3.8, 4) is 11.4 Å². The van der Waals surface area contributed by atoms with E-state index in [1.165, 1.54) is 29.3 Å². The van der Waals surface area contributed by atoms with E-state index in [0.29, 0.717) is 30.4 Å². The fourth-order valence-corrected chi connectivity index (χ4v) is 8.60. The molecular formula is C38H48N6O3. The van der Waals surface area contributed by atoms with E-state index >= 15 is 0 Å². The minimum absolute atomic E-state index is 0.0216. The molecule has 3 aromatic heterocycles. The van der Waals surface area contributed by atoms with Gasteiger partial charge in [0.15, 0.2) is 0 Å². The summed E-state index contributed by atoms with van der Waals surface area (Å²) in [5.74, 6) is 1.31. The molecule has 0 spiro atoms. The van der Waals surface area contributed by atoms with Crippen LogP contribution in [0.25, 0.3) is 27.8 Å². The zero-order valence-electron chi connectivity index (χ0n) is 27.6. The predicted octanol–water partition coefficient (Wildman–Crippen LogP) is 5.49. The summed E-state index contributed by atoms with van der Waals surface area (Å²) in [6, 6.07) is 13.0. The lowest BCUT2D eigenvalue weighted by Crippen LogP contribution is -2.45. The van der Waals surface area contributed by atoms with Gasteiger partial charge >= 0.3 is 0 Å². The first kappa shape index (κ1) is 30.6. The van der Waals surface area contributed by atoms with Gasteiger partial charge in [-0.05, 0) is 100 Å². The molecule has 9 nitrogen and oxygen atoms in total. The topological polar surface area (TPSA) is 109 Å². The number of nitrogens with two attached hydrogens (primary N) is 1. The molecule has 1 aromatic carbocycles. The maximum absolute atomic E-state index is 13.4. The quantitative estimate of drug-likeness (QED) is 0.291. The molecule has 8 rings (SSSR count). The largest absolute Gasteiger partial charge is 0.393 e. The number of hydrogen-bond donors (Lipinski definition) is 2. The van der Waals surface area contributed by atoms with Crippen molar-refractivity contribution in [1.82, 2.24) is 24.0 Å². The maximum atomic E-state index is 13.4. The van der Waals surface area contributed by atoms with Crippen LogP contribution in [0.4, 0.5) is 0 Å². The molecule has 2 saturated heterocycles. The molecule has 3 atom stereocenters. The molecule has 2 amide bonds. The highest BCUT2D eigenvalue weighted by Gasteiger charge is 2.33. The molecule has 3 N–H and O–H groups in total. The van der Waals surface area contributed by atoms with Crippen LogP contribution in [0.15, 0.2) is 42.6 Å². The SMILES string of the molecule is Cc1c(-c2cc3cccc(C4CCN(C(=O)C5CCCC(O)C5)CC4)c3n2CC2CC2)nn2cc(C(=O)N3CCCC(N)C3)ccc12. The van der Waals surface area contributed by atoms with E-state index < -0.39 is 0 Å². The molecular weight excluding hydrogens is 588 g/mol. The van der Waals surface area contributed by atoms with E-state index in [9.17, 15) is 14.7 Å². The molecule has 2 aliphatic heterocycles. The van der Waals surface area contributed by atoms with Gasteiger partial charge in [-0.2, -0.15) is 5.10 Å². The Morgan fingerprint density at radius 1 is 0.957 bits per heavy atom. The fraction of sp³-hybridized carbons (Fsp3) is 0.553. The molecule has 0 bridgehead atoms. The highest BCUT2D eigenvalue weighted by Crippen LogP contribution is 2.41. The fourth-order valence-electron chi connectivity index (χ4n) is 8.60. The van der Waals surface area contributed by atoms with Crippen molar-refractivity contribution in [1.29, 1.82) is 0 Å². The number of aliphatic hydroxyl groups excluding tert-OH is 1. The molecule has 4 aromatic rings. The number of carbonyl (C=O) groups excluding carboxylic acids is 2. The first-order valence-corrected chi connectivity index (χ1v) is 18.0. The summed E-state index contributed by atoms with van der Waals surface area (Å²) in [4.78, 5) is 30.7. The molecule has 2 saturated carbocycles. The molecule has 4 fully saturated rings. The Morgan fingerprint density at radius 2 is 1.79 bits per heavy atom. The number of hydrogen-bond acceptors (Lipinski definition) is 5. The highest BCUT2D eigenvalue weighted by molar-refractivity contribution is 5.95. The van der Waals surface area contributed by atoms with Gasteiger partial charge in [-0.15, -0.1) is 0 Å². The van der Waals surface area contributed by atoms with E-state index in [2.05, 4.69) is 40.7 Å². The lowest BCUT2D eigenvalue weighted by Gasteiger charge is -2.36. The standard InChI is InChI=1S/C38H48N6O3/c1-24-33-13-12-29(38(47)42-16-4-7-30(39)23-42)22-44(33)40-35(24)34-20-27-5-3-9-32(36(27)43(34)21-25-10-11-25)26-14-17-41(18-15-26)37(46)28-6-2-8-31(45)19-28/h3,5,9,12-13,20,22,25-26,28,30-31,45H,2,4,6-8,10-11,14-19,21,23,39H2,1H3. The van der Waals surface area contributed by atoms with Gasteiger partial charge < -0.3 is 25.2 Å². The smallest absolute Gasteiger partial charge is 0.255 e. The summed E-state index contributed by atoms with van der Waals surface area (Å²) in [5.41, 5.74) is 13.7. The van der Waals surface area contributed by atoms with Crippen LogP contribution in [0.2, 0.25) is 0 Å². The number of aryl methyl sites for hydroxylation is 1. The van der Waals surface area contributed by atoms with Gasteiger partial charge in [0, 0.05) is 61.8 Å². The van der Waals surface area contributed by atoms with Crippen LogP contribution < -0.4 is 5.73 Å². The molecule has 5 heterocycles. The normalized spacial score (nSPS) is 24.4. The molecule has 248 valence electrons. The van der Waals surface area contributed by atoms with E-state index in [4.69, 9.17) is 10.8 Å². The number of para-hydroxylation sites is 1. The Morgan fingerprint density at radius 3 is 2.55 bits per heavy atom. The van der Waals surface area contributed by atoms with Gasteiger partial charge in [0.1, 0.15) is 5.69 Å². The number of nitrogens with zero attached hydrogens (tertiary/aromatic N) is 5. The number of benzene rings is 1. The lowest BCUT2D eigenvalue weighted by atomic mass is 9.84. The summed E-state index contributed by atoms with van der Waals surface area (Å²) in [6.07, 6.45) is 11.2. The van der Waals surface area contributed by atoms with Gasteiger partial charge in [0.05, 0.1) is 28.4 Å². The van der Waals surface area contributed by atoms with E-state index in [-0.39, 0.29) is 29.9 Å². The number of aromatic nitrogens is 3. The molecule has 2 aliphatic carbocycles. The first-order chi connectivity index (χ1) is 22.8. The van der Waals surface area contributed by atoms with Crippen molar-refractivity contribution in [3.05, 3.63) is 59.3 Å². The van der Waals surface area contributed by atoms with Crippen LogP contribution in [0.3, 0.4) is 0 Å². The summed E-state index contributed by atoms with van der Waals surface area (Å²) in [5, 5.41) is 16.5. The number of likely N-dealkylation sites (tertiary alicyclic amines) is 2. The summed E-state index contributed by atoms with van der Waals surface area (Å²) >= 11 is 0. The zero-order valence-corrected chi connectivity index (χ0v) is 27.6. The van der Waals surface area contributed by atoms with Crippen LogP contribution in [-0.4, -0.2) is 79.2 Å². The number of amides is 2. The van der Waals surface area contributed by atoms with E-state index in [1.54, 1.807) is 0 Å². The molecule has 47 heavy (non-hydrogen) atoms. The Hall–Kier alpha value is -3.69. The van der Waals surface area contributed by atoms with E-state index in [1.807, 2.05) is 27.7 Å². The van der Waals surface area contributed by atoms with Crippen LogP contribution in [0, 0.1) is 18.8 Å². The third kappa shape index (κ3) is 5.86. The van der Waals surface area contributed by atoms with Gasteiger partial charge in [-0.3, -0.25) is 9.59 Å². The van der Waals surface area contributed by atoms with Gasteiger partial charge in [-0.25, -0.2) is 4.52 Å². The van der Waals surface area contributed by atoms with Crippen molar-refractivity contribution in [2.24, 2.45) is 17.6 Å². The van der Waals surface area contributed by atoms with Crippen LogP contribution in [0.5, 0.6) is 0 Å². The number of rotatable bonds is 6. The van der Waals surface area contributed by atoms with Crippen molar-refractivity contribution >= 4 is 28.2 Å². The third-order valence-corrected chi connectivity index (χ3v) is 11.4. The van der Waals surface area contributed by atoms with Crippen LogP contribution >= 0.6 is 0 Å². The first-order valence-electron chi connectivity index (χ1n) is 18.0. The third-order valence-electron chi connectivity index (χ3n) is 11.4. The number of carbonyl (C=O) groups is 2. The van der Waals surface area contributed by atoms with Crippen molar-refractivity contribution in [3.63, 3.8) is 0 Å². The van der Waals surface area contributed by atoms with Crippen molar-refractivity contribution in [2.75, 3.05) is 26.2 Å². The van der Waals surface area contributed by atoms with Gasteiger partial charge in [0.2, 0.25) is 5.91 Å². The predicted molar refractivity (Wildman–Crippen MR) is 183 cm³/mol. The minimum atomic E-state index is -0.332. The summed E-state index contributed by atoms with van der Waals surface area (Å²) < 4.78 is 4.42. The van der Waals surface area contributed by atoms with Crippen molar-refractivity contribution < 1.29 is 14.7 Å². The Kier molecular flexibility index (Phi) is 8.08. The number of piperidine rings is 2. The average molecular weight is 637 g/mol. The summed E-state index contributed by atoms with van der Waals surface area (Å²) in [6.45, 7) is 6.02. The van der Waals surface area contributed by atoms with Gasteiger partial charge in [0.25, 0.3) is 5.91 Å². The molecule has 9 heteroatoms. The minimum Gasteiger partial charge on any atom is -0.393 e. The number of aliphatic hydroxyl groups is 1. The van der Waals surface area contributed by atoms with Crippen molar-refractivity contribution in [2.45, 2.75) is 95.7 Å². The van der Waals surface area contributed by atoms with Gasteiger partial charge in [-0.1, -0.05) is 24.6 Å². The van der Waals surface area contributed by atoms with Crippen LogP contribution in [-0.2, 0) is 11.3 Å². The zero-order chi connectivity index (χ0) is 32.2. The second kappa shape index (κ2) is 12.4. The highest BCUT2D eigenvalue weighted by atomic mass is 16.3. The average Bonchev–Trinajstić information content (AvgIpc) is 3.76. The maximum Gasteiger partial charge on any atom is 0.255 e. The lowest BCUT2D eigenvalue weighted by molar-refractivity contribution is -0.139. The Bertz CT molecular complexity index is 1810. The Balaban J connectivity index is 1.10. The number of fused-ring (bicyclic) bond motifs is 2. The number of pyridine rings is 1. The molecule has 4 aliphatic rings. The molecule has 3 unspecified atom stereocenters. The monoisotopic (exact) mass is 636 g/mol. The van der Waals surface area contributed by atoms with Crippen LogP contribution in [0.1, 0.15) is 91.6 Å². The van der Waals surface area contributed by atoms with E-state index in [0.717, 1.165) is 93.6 Å². The summed E-state index contributed by atoms with van der Waals surface area (Å²) in [7, 11) is 0. The second-order valence-corrected chi connectivity index (χ2v) is 14.9. The Labute approximate surface area is 276 Å². The molecule has 0 radical (unpaired) electrons. The second-order valence-electron chi connectivity index (χ2n) is 14.9.